The van der Waals surface area contributed by atoms with Crippen LogP contribution in [-0.4, -0.2) is 53.9 Å². The van der Waals surface area contributed by atoms with Crippen molar-refractivity contribution >= 4 is 23.2 Å². The lowest BCUT2D eigenvalue weighted by molar-refractivity contribution is -0.384. The molecule has 0 unspecified atom stereocenters. The van der Waals surface area contributed by atoms with Gasteiger partial charge in [0, 0.05) is 44.0 Å². The van der Waals surface area contributed by atoms with Gasteiger partial charge in [0.2, 0.25) is 5.91 Å². The summed E-state index contributed by atoms with van der Waals surface area (Å²) >= 11 is 0. The van der Waals surface area contributed by atoms with Crippen molar-refractivity contribution in [3.8, 4) is 0 Å². The fourth-order valence-electron chi connectivity index (χ4n) is 4.27. The van der Waals surface area contributed by atoms with Gasteiger partial charge < -0.3 is 19.5 Å². The van der Waals surface area contributed by atoms with Crippen molar-refractivity contribution in [1.29, 1.82) is 0 Å². The Morgan fingerprint density at radius 1 is 1.31 bits per heavy atom. The zero-order valence-corrected chi connectivity index (χ0v) is 16.0. The molecule has 2 atom stereocenters. The van der Waals surface area contributed by atoms with Crippen molar-refractivity contribution < 1.29 is 18.9 Å². The number of nitro groups is 1. The van der Waals surface area contributed by atoms with Gasteiger partial charge in [-0.05, 0) is 37.1 Å². The van der Waals surface area contributed by atoms with Crippen molar-refractivity contribution in [1.82, 2.24) is 10.2 Å². The number of piperazine rings is 1. The van der Waals surface area contributed by atoms with E-state index in [2.05, 4.69) is 10.2 Å². The Kier molecular flexibility index (Phi) is 4.96. The van der Waals surface area contributed by atoms with E-state index in [-0.39, 0.29) is 29.3 Å². The number of hydrogen-bond acceptors (Lipinski definition) is 6. The van der Waals surface area contributed by atoms with Crippen molar-refractivity contribution in [2.75, 3.05) is 31.1 Å². The van der Waals surface area contributed by atoms with Gasteiger partial charge in [-0.2, -0.15) is 0 Å². The summed E-state index contributed by atoms with van der Waals surface area (Å²) in [5.41, 5.74) is 1.70. The number of hydrogen-bond donors (Lipinski definition) is 1. The van der Waals surface area contributed by atoms with Crippen LogP contribution in [0.3, 0.4) is 0 Å². The molecule has 1 fully saturated rings. The van der Waals surface area contributed by atoms with Gasteiger partial charge in [-0.15, -0.1) is 0 Å². The number of anilines is 1. The number of non-ortho nitro benzene ring substituents is 1. The molecule has 0 radical (unpaired) electrons. The molecule has 2 aliphatic heterocycles. The molecule has 2 aromatic rings. The SMILES string of the molecule is CCNC(=O)[C@H]1Cc2cc([N+](=O)[O-])ccc2N2CCN(C(=O)c3ccco3)C[C@H]12. The lowest BCUT2D eigenvalue weighted by atomic mass is 9.83. The predicted octanol–water partition coefficient (Wildman–Crippen LogP) is 1.83. The molecule has 0 saturated carbocycles. The fraction of sp³-hybridized carbons (Fsp3) is 0.400. The summed E-state index contributed by atoms with van der Waals surface area (Å²) in [6, 6.07) is 7.89. The molecule has 2 aliphatic rings. The monoisotopic (exact) mass is 398 g/mol. The largest absolute Gasteiger partial charge is 0.459 e. The molecule has 9 heteroatoms. The van der Waals surface area contributed by atoms with Gasteiger partial charge in [-0.3, -0.25) is 19.7 Å². The molecule has 0 spiro atoms. The summed E-state index contributed by atoms with van der Waals surface area (Å²) < 4.78 is 5.24. The molecule has 9 nitrogen and oxygen atoms in total. The molecule has 1 aromatic carbocycles. The summed E-state index contributed by atoms with van der Waals surface area (Å²) in [6.45, 7) is 3.76. The van der Waals surface area contributed by atoms with Crippen molar-refractivity contribution in [3.63, 3.8) is 0 Å². The average Bonchev–Trinajstić information content (AvgIpc) is 3.26. The molecule has 2 amide bonds. The smallest absolute Gasteiger partial charge is 0.289 e. The Morgan fingerprint density at radius 3 is 2.83 bits per heavy atom. The number of nitro benzene ring substituents is 1. The highest BCUT2D eigenvalue weighted by molar-refractivity contribution is 5.92. The zero-order chi connectivity index (χ0) is 20.5. The second-order valence-corrected chi connectivity index (χ2v) is 7.26. The summed E-state index contributed by atoms with van der Waals surface area (Å²) in [6.07, 6.45) is 1.86. The predicted molar refractivity (Wildman–Crippen MR) is 105 cm³/mol. The van der Waals surface area contributed by atoms with Gasteiger partial charge in [0.05, 0.1) is 23.1 Å². The van der Waals surface area contributed by atoms with E-state index in [1.807, 2.05) is 6.92 Å². The highest BCUT2D eigenvalue weighted by Crippen LogP contribution is 2.38. The van der Waals surface area contributed by atoms with Crippen LogP contribution in [0.5, 0.6) is 0 Å². The zero-order valence-electron chi connectivity index (χ0n) is 16.0. The molecule has 0 bridgehead atoms. The third kappa shape index (κ3) is 3.43. The fourth-order valence-corrected chi connectivity index (χ4v) is 4.27. The topological polar surface area (TPSA) is 109 Å². The van der Waals surface area contributed by atoms with Crippen LogP contribution in [0.15, 0.2) is 41.0 Å². The standard InChI is InChI=1S/C20H22N4O5/c1-2-21-19(25)15-11-13-10-14(24(27)28)5-6-16(13)23-8-7-22(12-17(15)23)20(26)18-4-3-9-29-18/h3-6,9-10,15,17H,2,7-8,11-12H2,1H3,(H,21,25)/t15-,17+/m0/s1. The number of carbonyl (C=O) groups excluding carboxylic acids is 2. The van der Waals surface area contributed by atoms with E-state index in [4.69, 9.17) is 4.42 Å². The van der Waals surface area contributed by atoms with Crippen LogP contribution >= 0.6 is 0 Å². The first kappa shape index (κ1) is 19.0. The number of benzene rings is 1. The van der Waals surface area contributed by atoms with E-state index in [1.54, 1.807) is 29.2 Å². The second kappa shape index (κ2) is 7.57. The Balaban J connectivity index is 1.66. The maximum absolute atomic E-state index is 12.8. The third-order valence-electron chi connectivity index (χ3n) is 5.61. The van der Waals surface area contributed by atoms with Gasteiger partial charge in [-0.1, -0.05) is 0 Å². The van der Waals surface area contributed by atoms with Crippen LogP contribution in [0.25, 0.3) is 0 Å². The first-order chi connectivity index (χ1) is 14.0. The van der Waals surface area contributed by atoms with E-state index >= 15 is 0 Å². The molecule has 1 saturated heterocycles. The molecule has 0 aliphatic carbocycles. The summed E-state index contributed by atoms with van der Waals surface area (Å²) in [5.74, 6) is -0.428. The van der Waals surface area contributed by atoms with E-state index in [9.17, 15) is 19.7 Å². The average molecular weight is 398 g/mol. The van der Waals surface area contributed by atoms with Gasteiger partial charge >= 0.3 is 0 Å². The van der Waals surface area contributed by atoms with E-state index in [0.717, 1.165) is 11.3 Å². The van der Waals surface area contributed by atoms with Crippen LogP contribution < -0.4 is 10.2 Å². The third-order valence-corrected chi connectivity index (χ3v) is 5.61. The quantitative estimate of drug-likeness (QED) is 0.622. The van der Waals surface area contributed by atoms with E-state index in [1.165, 1.54) is 12.3 Å². The molecule has 152 valence electrons. The minimum absolute atomic E-state index is 0.0171. The van der Waals surface area contributed by atoms with Crippen LogP contribution in [-0.2, 0) is 11.2 Å². The van der Waals surface area contributed by atoms with Gasteiger partial charge in [0.1, 0.15) is 0 Å². The Hall–Kier alpha value is -3.36. The summed E-state index contributed by atoms with van der Waals surface area (Å²) in [4.78, 5) is 40.1. The molecular weight excluding hydrogens is 376 g/mol. The van der Waals surface area contributed by atoms with Crippen LogP contribution in [0.2, 0.25) is 0 Å². The Bertz CT molecular complexity index is 942. The Morgan fingerprint density at radius 2 is 2.14 bits per heavy atom. The van der Waals surface area contributed by atoms with Gasteiger partial charge in [0.25, 0.3) is 11.6 Å². The summed E-state index contributed by atoms with van der Waals surface area (Å²) in [7, 11) is 0. The van der Waals surface area contributed by atoms with Crippen molar-refractivity contribution in [2.45, 2.75) is 19.4 Å². The van der Waals surface area contributed by atoms with Crippen molar-refractivity contribution in [3.05, 3.63) is 58.0 Å². The number of furan rings is 1. The molecule has 4 rings (SSSR count). The normalized spacial score (nSPS) is 20.6. The number of carbonyl (C=O) groups is 2. The maximum Gasteiger partial charge on any atom is 0.289 e. The molecule has 3 heterocycles. The van der Waals surface area contributed by atoms with Crippen LogP contribution in [0, 0.1) is 16.0 Å². The molecule has 1 aromatic heterocycles. The van der Waals surface area contributed by atoms with Crippen molar-refractivity contribution in [2.24, 2.45) is 5.92 Å². The summed E-state index contributed by atoms with van der Waals surface area (Å²) in [5, 5.41) is 14.0. The number of rotatable bonds is 4. The van der Waals surface area contributed by atoms with Crippen LogP contribution in [0.4, 0.5) is 11.4 Å². The number of fused-ring (bicyclic) bond motifs is 3. The van der Waals surface area contributed by atoms with E-state index < -0.39 is 10.8 Å². The number of nitrogens with one attached hydrogen (secondary N) is 1. The van der Waals surface area contributed by atoms with E-state index in [0.29, 0.717) is 32.6 Å². The Labute approximate surface area is 167 Å². The maximum atomic E-state index is 12.8. The molecular formula is C20H22N4O5. The molecule has 1 N–H and O–H groups in total. The second-order valence-electron chi connectivity index (χ2n) is 7.26. The lowest BCUT2D eigenvalue weighted by Crippen LogP contribution is -2.62. The number of amides is 2. The molecule has 29 heavy (non-hydrogen) atoms. The van der Waals surface area contributed by atoms with Gasteiger partial charge in [0.15, 0.2) is 5.76 Å². The minimum Gasteiger partial charge on any atom is -0.459 e. The highest BCUT2D eigenvalue weighted by atomic mass is 16.6. The minimum atomic E-state index is -0.423. The lowest BCUT2D eigenvalue weighted by Gasteiger charge is -2.48. The number of nitrogens with zero attached hydrogens (tertiary/aromatic N) is 3. The first-order valence-corrected chi connectivity index (χ1v) is 9.64. The first-order valence-electron chi connectivity index (χ1n) is 9.64. The van der Waals surface area contributed by atoms with Crippen LogP contribution in [0.1, 0.15) is 23.0 Å². The highest BCUT2D eigenvalue weighted by Gasteiger charge is 2.43. The van der Waals surface area contributed by atoms with Gasteiger partial charge in [-0.25, -0.2) is 0 Å².